The Morgan fingerprint density at radius 1 is 1.15 bits per heavy atom. The monoisotopic (exact) mass is 272 g/mol. The smallest absolute Gasteiger partial charge is 0.124 e. The maximum atomic E-state index is 6.16. The molecule has 3 heteroatoms. The van der Waals surface area contributed by atoms with Crippen LogP contribution in [0.5, 0.6) is 5.75 Å². The van der Waals surface area contributed by atoms with Crippen molar-refractivity contribution >= 4 is 0 Å². The summed E-state index contributed by atoms with van der Waals surface area (Å²) in [6.07, 6.45) is 1.09. The zero-order valence-electron chi connectivity index (χ0n) is 12.4. The summed E-state index contributed by atoms with van der Waals surface area (Å²) in [5.74, 6) is 2.80. The van der Waals surface area contributed by atoms with Gasteiger partial charge in [-0.2, -0.15) is 0 Å². The van der Waals surface area contributed by atoms with E-state index in [2.05, 4.69) is 48.3 Å². The van der Waals surface area contributed by atoms with E-state index in [1.807, 2.05) is 0 Å². The summed E-state index contributed by atoms with van der Waals surface area (Å²) < 4.78 is 6.16. The van der Waals surface area contributed by atoms with E-state index in [1.54, 1.807) is 0 Å². The molecule has 4 rings (SSSR count). The normalized spacial score (nSPS) is 35.4. The second-order valence-corrected chi connectivity index (χ2v) is 7.25. The molecule has 3 atom stereocenters. The van der Waals surface area contributed by atoms with Crippen LogP contribution in [0.4, 0.5) is 0 Å². The van der Waals surface area contributed by atoms with E-state index in [4.69, 9.17) is 4.74 Å². The van der Waals surface area contributed by atoms with Crippen molar-refractivity contribution in [2.75, 3.05) is 26.2 Å². The minimum absolute atomic E-state index is 0.0605. The number of benzene rings is 1. The lowest BCUT2D eigenvalue weighted by atomic mass is 9.89. The highest BCUT2D eigenvalue weighted by atomic mass is 16.5. The van der Waals surface area contributed by atoms with Crippen molar-refractivity contribution in [3.63, 3.8) is 0 Å². The van der Waals surface area contributed by atoms with Crippen molar-refractivity contribution in [3.05, 3.63) is 29.8 Å². The molecule has 1 aromatic carbocycles. The van der Waals surface area contributed by atoms with Gasteiger partial charge < -0.3 is 10.1 Å². The summed E-state index contributed by atoms with van der Waals surface area (Å²) in [5.41, 5.74) is 1.33. The summed E-state index contributed by atoms with van der Waals surface area (Å²) in [6.45, 7) is 9.33. The number of fused-ring (bicyclic) bond motifs is 2. The van der Waals surface area contributed by atoms with Crippen molar-refractivity contribution in [1.82, 2.24) is 10.2 Å². The van der Waals surface area contributed by atoms with Gasteiger partial charge in [0.1, 0.15) is 11.4 Å². The molecule has 1 aromatic rings. The van der Waals surface area contributed by atoms with Crippen LogP contribution in [0.1, 0.15) is 31.9 Å². The second kappa shape index (κ2) is 4.47. The van der Waals surface area contributed by atoms with Gasteiger partial charge in [0, 0.05) is 31.1 Å². The van der Waals surface area contributed by atoms with Crippen LogP contribution < -0.4 is 10.1 Å². The molecule has 0 radical (unpaired) electrons. The lowest BCUT2D eigenvalue weighted by Crippen LogP contribution is -2.41. The molecule has 0 spiro atoms. The minimum Gasteiger partial charge on any atom is -0.487 e. The van der Waals surface area contributed by atoms with Crippen molar-refractivity contribution in [2.24, 2.45) is 11.8 Å². The molecular weight excluding hydrogens is 248 g/mol. The lowest BCUT2D eigenvalue weighted by molar-refractivity contribution is 0.0346. The molecular formula is C17H24N2O. The van der Waals surface area contributed by atoms with Gasteiger partial charge in [0.2, 0.25) is 0 Å². The molecule has 0 saturated carbocycles. The minimum atomic E-state index is -0.0605. The molecule has 0 bridgehead atoms. The number of ether oxygens (including phenoxy) is 1. The van der Waals surface area contributed by atoms with Crippen molar-refractivity contribution in [3.8, 4) is 5.75 Å². The number of para-hydroxylation sites is 1. The average molecular weight is 272 g/mol. The Morgan fingerprint density at radius 2 is 1.85 bits per heavy atom. The highest BCUT2D eigenvalue weighted by molar-refractivity contribution is 5.39. The maximum Gasteiger partial charge on any atom is 0.124 e. The van der Waals surface area contributed by atoms with E-state index in [9.17, 15) is 0 Å². The predicted octanol–water partition coefficient (Wildman–Crippen LogP) is 2.44. The third-order valence-electron chi connectivity index (χ3n) is 5.21. The number of likely N-dealkylation sites (tertiary alicyclic amines) is 1. The molecule has 0 aliphatic carbocycles. The number of nitrogens with zero attached hydrogens (tertiary/aromatic N) is 1. The van der Waals surface area contributed by atoms with Gasteiger partial charge in [-0.15, -0.1) is 0 Å². The Hall–Kier alpha value is -1.06. The maximum absolute atomic E-state index is 6.16. The molecule has 3 aliphatic heterocycles. The van der Waals surface area contributed by atoms with Crippen LogP contribution in [0.25, 0.3) is 0 Å². The summed E-state index contributed by atoms with van der Waals surface area (Å²) >= 11 is 0. The summed E-state index contributed by atoms with van der Waals surface area (Å²) in [5, 5.41) is 3.53. The van der Waals surface area contributed by atoms with E-state index >= 15 is 0 Å². The van der Waals surface area contributed by atoms with Gasteiger partial charge in [-0.25, -0.2) is 0 Å². The van der Waals surface area contributed by atoms with Gasteiger partial charge in [0.25, 0.3) is 0 Å². The first-order valence-corrected chi connectivity index (χ1v) is 7.85. The third-order valence-corrected chi connectivity index (χ3v) is 5.21. The standard InChI is InChI=1S/C17H24N2O/c1-17(2)7-15(14-5-3-4-6-16(14)20-17)19-10-12-8-18-9-13(12)11-19/h3-6,12-13,15,18H,7-11H2,1-2H3. The van der Waals surface area contributed by atoms with Gasteiger partial charge in [-0.3, -0.25) is 4.90 Å². The van der Waals surface area contributed by atoms with Gasteiger partial charge in [-0.1, -0.05) is 18.2 Å². The van der Waals surface area contributed by atoms with Crippen LogP contribution in [0.2, 0.25) is 0 Å². The quantitative estimate of drug-likeness (QED) is 0.850. The Labute approximate surface area is 121 Å². The summed E-state index contributed by atoms with van der Waals surface area (Å²) in [4.78, 5) is 2.71. The summed E-state index contributed by atoms with van der Waals surface area (Å²) in [6, 6.07) is 9.13. The number of hydrogen-bond acceptors (Lipinski definition) is 3. The van der Waals surface area contributed by atoms with Crippen LogP contribution in [-0.4, -0.2) is 36.7 Å². The fourth-order valence-corrected chi connectivity index (χ4v) is 4.24. The van der Waals surface area contributed by atoms with Crippen LogP contribution in [0.15, 0.2) is 24.3 Å². The number of nitrogens with one attached hydrogen (secondary N) is 1. The van der Waals surface area contributed by atoms with Crippen LogP contribution in [0.3, 0.4) is 0 Å². The van der Waals surface area contributed by atoms with E-state index in [0.29, 0.717) is 6.04 Å². The van der Waals surface area contributed by atoms with Gasteiger partial charge in [0.05, 0.1) is 0 Å². The van der Waals surface area contributed by atoms with Crippen LogP contribution in [-0.2, 0) is 0 Å². The Morgan fingerprint density at radius 3 is 2.60 bits per heavy atom. The molecule has 3 aliphatic rings. The largest absolute Gasteiger partial charge is 0.487 e. The zero-order chi connectivity index (χ0) is 13.7. The van der Waals surface area contributed by atoms with Crippen molar-refractivity contribution in [1.29, 1.82) is 0 Å². The summed E-state index contributed by atoms with van der Waals surface area (Å²) in [7, 11) is 0. The predicted molar refractivity (Wildman–Crippen MR) is 79.9 cm³/mol. The molecule has 3 nitrogen and oxygen atoms in total. The molecule has 1 N–H and O–H groups in total. The van der Waals surface area contributed by atoms with Crippen LogP contribution in [0, 0.1) is 11.8 Å². The highest BCUT2D eigenvalue weighted by Crippen LogP contribution is 2.44. The van der Waals surface area contributed by atoms with E-state index in [1.165, 1.54) is 31.7 Å². The first-order valence-electron chi connectivity index (χ1n) is 7.85. The van der Waals surface area contributed by atoms with Gasteiger partial charge in [0.15, 0.2) is 0 Å². The fraction of sp³-hybridized carbons (Fsp3) is 0.647. The van der Waals surface area contributed by atoms with E-state index in [0.717, 1.165) is 24.0 Å². The molecule has 2 saturated heterocycles. The van der Waals surface area contributed by atoms with E-state index in [-0.39, 0.29) is 5.60 Å². The molecule has 20 heavy (non-hydrogen) atoms. The number of rotatable bonds is 1. The lowest BCUT2D eigenvalue weighted by Gasteiger charge is -2.41. The third kappa shape index (κ3) is 2.04. The van der Waals surface area contributed by atoms with Crippen molar-refractivity contribution < 1.29 is 4.74 Å². The molecule has 108 valence electrons. The van der Waals surface area contributed by atoms with Gasteiger partial charge >= 0.3 is 0 Å². The zero-order valence-corrected chi connectivity index (χ0v) is 12.4. The Bertz CT molecular complexity index is 501. The molecule has 3 heterocycles. The molecule has 0 amide bonds. The van der Waals surface area contributed by atoms with Gasteiger partial charge in [-0.05, 0) is 44.8 Å². The number of hydrogen-bond donors (Lipinski definition) is 1. The Balaban J connectivity index is 1.64. The van der Waals surface area contributed by atoms with Crippen LogP contribution >= 0.6 is 0 Å². The second-order valence-electron chi connectivity index (χ2n) is 7.25. The molecule has 2 fully saturated rings. The fourth-order valence-electron chi connectivity index (χ4n) is 4.24. The average Bonchev–Trinajstić information content (AvgIpc) is 2.97. The van der Waals surface area contributed by atoms with Crippen molar-refractivity contribution in [2.45, 2.75) is 31.9 Å². The van der Waals surface area contributed by atoms with E-state index < -0.39 is 0 Å². The first kappa shape index (κ1) is 12.7. The highest BCUT2D eigenvalue weighted by Gasteiger charge is 2.43. The first-order chi connectivity index (χ1) is 9.62. The Kier molecular flexibility index (Phi) is 2.83. The topological polar surface area (TPSA) is 24.5 Å². The SMILES string of the molecule is CC1(C)CC(N2CC3CNCC3C2)c2ccccc2O1. The molecule has 0 aromatic heterocycles. The molecule has 3 unspecified atom stereocenters.